The zero-order valence-corrected chi connectivity index (χ0v) is 11.9. The van der Waals surface area contributed by atoms with Gasteiger partial charge in [-0.05, 0) is 37.4 Å². The molecule has 0 aliphatic carbocycles. The normalized spacial score (nSPS) is 19.5. The lowest BCUT2D eigenvalue weighted by Crippen LogP contribution is -2.39. The Morgan fingerprint density at radius 2 is 1.95 bits per heavy atom. The lowest BCUT2D eigenvalue weighted by atomic mass is 9.94. The first kappa shape index (κ1) is 14.5. The fraction of sp³-hybridized carbons (Fsp3) is 0.625. The second-order valence-corrected chi connectivity index (χ2v) is 5.54. The number of hydrogen-bond donors (Lipinski definition) is 1. The second kappa shape index (κ2) is 7.63. The van der Waals surface area contributed by atoms with Crippen molar-refractivity contribution in [2.24, 2.45) is 11.7 Å². The number of nitrogens with zero attached hydrogens (tertiary/aromatic N) is 1. The van der Waals surface area contributed by atoms with Crippen molar-refractivity contribution in [3.63, 3.8) is 0 Å². The molecule has 0 radical (unpaired) electrons. The van der Waals surface area contributed by atoms with Crippen molar-refractivity contribution in [3.8, 4) is 0 Å². The van der Waals surface area contributed by atoms with Gasteiger partial charge in [0.25, 0.3) is 0 Å². The van der Waals surface area contributed by atoms with Crippen molar-refractivity contribution in [1.82, 2.24) is 4.90 Å². The van der Waals surface area contributed by atoms with Gasteiger partial charge < -0.3 is 15.4 Å². The number of rotatable bonds is 6. The fourth-order valence-electron chi connectivity index (χ4n) is 2.92. The predicted molar refractivity (Wildman–Crippen MR) is 79.3 cm³/mol. The molecule has 3 heteroatoms. The van der Waals surface area contributed by atoms with Gasteiger partial charge in [-0.15, -0.1) is 0 Å². The van der Waals surface area contributed by atoms with Crippen LogP contribution < -0.4 is 5.73 Å². The summed E-state index contributed by atoms with van der Waals surface area (Å²) in [4.78, 5) is 2.55. The molecule has 0 saturated carbocycles. The molecule has 0 aromatic heterocycles. The minimum atomic E-state index is 0.458. The molecule has 1 aliphatic heterocycles. The monoisotopic (exact) mass is 262 g/mol. The smallest absolute Gasteiger partial charge is 0.0491 e. The summed E-state index contributed by atoms with van der Waals surface area (Å²) >= 11 is 0. The van der Waals surface area contributed by atoms with E-state index in [0.29, 0.717) is 5.92 Å². The molecule has 1 aromatic rings. The first-order valence-corrected chi connectivity index (χ1v) is 7.29. The van der Waals surface area contributed by atoms with Crippen LogP contribution in [-0.2, 0) is 4.74 Å². The summed E-state index contributed by atoms with van der Waals surface area (Å²) in [5.41, 5.74) is 7.32. The zero-order chi connectivity index (χ0) is 13.5. The van der Waals surface area contributed by atoms with Crippen molar-refractivity contribution >= 4 is 0 Å². The van der Waals surface area contributed by atoms with E-state index < -0.39 is 0 Å². The van der Waals surface area contributed by atoms with Gasteiger partial charge in [0.05, 0.1) is 0 Å². The van der Waals surface area contributed by atoms with Crippen molar-refractivity contribution < 1.29 is 4.74 Å². The van der Waals surface area contributed by atoms with E-state index in [4.69, 9.17) is 10.5 Å². The van der Waals surface area contributed by atoms with Crippen LogP contribution in [0.3, 0.4) is 0 Å². The van der Waals surface area contributed by atoms with Crippen LogP contribution in [0.25, 0.3) is 0 Å². The van der Waals surface area contributed by atoms with Gasteiger partial charge in [0.15, 0.2) is 0 Å². The molecule has 2 rings (SSSR count). The summed E-state index contributed by atoms with van der Waals surface area (Å²) in [6.07, 6.45) is 2.50. The summed E-state index contributed by atoms with van der Waals surface area (Å²) in [5, 5.41) is 0. The Hall–Kier alpha value is -0.900. The van der Waals surface area contributed by atoms with E-state index in [1.807, 2.05) is 0 Å². The molecule has 3 nitrogen and oxygen atoms in total. The highest BCUT2D eigenvalue weighted by molar-refractivity contribution is 5.20. The van der Waals surface area contributed by atoms with Crippen LogP contribution in [0.4, 0.5) is 0 Å². The minimum absolute atomic E-state index is 0.458. The van der Waals surface area contributed by atoms with E-state index in [0.717, 1.165) is 25.6 Å². The number of likely N-dealkylation sites (tertiary alicyclic amines) is 1. The number of piperidine rings is 1. The van der Waals surface area contributed by atoms with Crippen molar-refractivity contribution in [3.05, 3.63) is 35.9 Å². The van der Waals surface area contributed by atoms with Gasteiger partial charge >= 0.3 is 0 Å². The molecular formula is C16H26N2O. The molecule has 2 N–H and O–H groups in total. The third kappa shape index (κ3) is 4.30. The molecule has 1 atom stereocenters. The summed E-state index contributed by atoms with van der Waals surface area (Å²) in [7, 11) is 1.80. The Labute approximate surface area is 116 Å². The Bertz CT molecular complexity index is 347. The first-order valence-electron chi connectivity index (χ1n) is 7.29. The van der Waals surface area contributed by atoms with E-state index in [9.17, 15) is 0 Å². The summed E-state index contributed by atoms with van der Waals surface area (Å²) < 4.78 is 5.25. The number of methoxy groups -OCH3 is 1. The Kier molecular flexibility index (Phi) is 5.83. The van der Waals surface area contributed by atoms with Crippen LogP contribution >= 0.6 is 0 Å². The van der Waals surface area contributed by atoms with Gasteiger partial charge in [-0.3, -0.25) is 0 Å². The highest BCUT2D eigenvalue weighted by Gasteiger charge is 2.21. The maximum atomic E-state index is 5.95. The van der Waals surface area contributed by atoms with Gasteiger partial charge in [-0.1, -0.05) is 30.3 Å². The maximum Gasteiger partial charge on any atom is 0.0491 e. The fourth-order valence-corrected chi connectivity index (χ4v) is 2.92. The number of nitrogens with two attached hydrogens (primary N) is 1. The molecular weight excluding hydrogens is 236 g/mol. The van der Waals surface area contributed by atoms with Gasteiger partial charge in [0, 0.05) is 32.7 Å². The van der Waals surface area contributed by atoms with E-state index in [1.165, 1.54) is 31.5 Å². The molecule has 1 aliphatic rings. The highest BCUT2D eigenvalue weighted by Crippen LogP contribution is 2.21. The average Bonchev–Trinajstić information content (AvgIpc) is 2.48. The second-order valence-electron chi connectivity index (χ2n) is 5.54. The quantitative estimate of drug-likeness (QED) is 0.853. The number of ether oxygens (including phenoxy) is 1. The van der Waals surface area contributed by atoms with Crippen molar-refractivity contribution in [1.29, 1.82) is 0 Å². The summed E-state index contributed by atoms with van der Waals surface area (Å²) in [5.74, 6) is 1.20. The molecule has 0 bridgehead atoms. The van der Waals surface area contributed by atoms with E-state index >= 15 is 0 Å². The molecule has 0 spiro atoms. The molecule has 1 aromatic carbocycles. The average molecular weight is 262 g/mol. The largest absolute Gasteiger partial charge is 0.384 e. The molecule has 106 valence electrons. The zero-order valence-electron chi connectivity index (χ0n) is 11.9. The SMILES string of the molecule is COCC1CCN(CC(CN)c2ccccc2)CC1. The van der Waals surface area contributed by atoms with Crippen molar-refractivity contribution in [2.75, 3.05) is 39.9 Å². The third-order valence-corrected chi connectivity index (χ3v) is 4.14. The third-order valence-electron chi connectivity index (χ3n) is 4.14. The number of benzene rings is 1. The molecule has 1 fully saturated rings. The number of hydrogen-bond acceptors (Lipinski definition) is 3. The van der Waals surface area contributed by atoms with Crippen LogP contribution in [0.2, 0.25) is 0 Å². The van der Waals surface area contributed by atoms with Crippen molar-refractivity contribution in [2.45, 2.75) is 18.8 Å². The first-order chi connectivity index (χ1) is 9.33. The standard InChI is InChI=1S/C16H26N2O/c1-19-13-14-7-9-18(10-8-14)12-16(11-17)15-5-3-2-4-6-15/h2-6,14,16H,7-13,17H2,1H3. The highest BCUT2D eigenvalue weighted by atomic mass is 16.5. The maximum absolute atomic E-state index is 5.95. The lowest BCUT2D eigenvalue weighted by molar-refractivity contribution is 0.0972. The van der Waals surface area contributed by atoms with E-state index in [1.54, 1.807) is 7.11 Å². The van der Waals surface area contributed by atoms with Gasteiger partial charge in [-0.25, -0.2) is 0 Å². The van der Waals surface area contributed by atoms with Gasteiger partial charge in [0.2, 0.25) is 0 Å². The molecule has 1 unspecified atom stereocenters. The summed E-state index contributed by atoms with van der Waals surface area (Å²) in [6.45, 7) is 5.07. The predicted octanol–water partition coefficient (Wildman–Crippen LogP) is 2.09. The minimum Gasteiger partial charge on any atom is -0.384 e. The summed E-state index contributed by atoms with van der Waals surface area (Å²) in [6, 6.07) is 10.6. The topological polar surface area (TPSA) is 38.5 Å². The van der Waals surface area contributed by atoms with Crippen LogP contribution in [0.15, 0.2) is 30.3 Å². The van der Waals surface area contributed by atoms with Crippen LogP contribution in [-0.4, -0.2) is 44.8 Å². The molecule has 1 saturated heterocycles. The van der Waals surface area contributed by atoms with Crippen LogP contribution in [0.5, 0.6) is 0 Å². The molecule has 0 amide bonds. The van der Waals surface area contributed by atoms with Crippen LogP contribution in [0, 0.1) is 5.92 Å². The van der Waals surface area contributed by atoms with Gasteiger partial charge in [-0.2, -0.15) is 0 Å². The Morgan fingerprint density at radius 1 is 1.26 bits per heavy atom. The Morgan fingerprint density at radius 3 is 2.53 bits per heavy atom. The van der Waals surface area contributed by atoms with Crippen LogP contribution in [0.1, 0.15) is 24.3 Å². The molecule has 1 heterocycles. The Balaban J connectivity index is 1.84. The van der Waals surface area contributed by atoms with E-state index in [2.05, 4.69) is 35.2 Å². The van der Waals surface area contributed by atoms with E-state index in [-0.39, 0.29) is 0 Å². The van der Waals surface area contributed by atoms with Gasteiger partial charge in [0.1, 0.15) is 0 Å². The lowest BCUT2D eigenvalue weighted by Gasteiger charge is -2.34. The molecule has 19 heavy (non-hydrogen) atoms.